The molecule has 60 heavy (non-hydrogen) atoms. The number of nitrogens with two attached hydrogens (primary N) is 1. The molecule has 23 nitrogen and oxygen atoms in total. The first-order valence-electron chi connectivity index (χ1n) is 16.2. The van der Waals surface area contributed by atoms with Crippen molar-refractivity contribution in [1.82, 2.24) is 0 Å². The van der Waals surface area contributed by atoms with Crippen molar-refractivity contribution in [3.63, 3.8) is 0 Å². The minimum absolute atomic E-state index is 0.00578. The molecule has 0 bridgehead atoms. The zero-order chi connectivity index (χ0) is 43.7. The second-order valence-corrected chi connectivity index (χ2v) is 17.7. The van der Waals surface area contributed by atoms with Crippen molar-refractivity contribution in [2.75, 3.05) is 24.7 Å². The first-order chi connectivity index (χ1) is 28.4. The predicted molar refractivity (Wildman–Crippen MR) is 205 cm³/mol. The number of fused-ring (bicyclic) bond motifs is 1. The van der Waals surface area contributed by atoms with Crippen LogP contribution in [0, 0.1) is 0 Å². The minimum Gasteiger partial charge on any atom is -0.545 e. The summed E-state index contributed by atoms with van der Waals surface area (Å²) in [6, 6.07) is 15.4. The molecule has 0 saturated heterocycles. The predicted octanol–water partition coefficient (Wildman–Crippen LogP) is 4.53. The van der Waals surface area contributed by atoms with E-state index in [2.05, 4.69) is 34.0 Å². The van der Waals surface area contributed by atoms with E-state index in [1.54, 1.807) is 6.20 Å². The van der Waals surface area contributed by atoms with Crippen LogP contribution in [0.2, 0.25) is 0 Å². The Morgan fingerprint density at radius 1 is 0.833 bits per heavy atom. The standard InChI is InChI=1S/C32H28N6O17S5/c33-25-9-8-23-24(29(25)36-34-20-3-6-22(7-4-20)58(43,44)15-14-52-60(48,49)50)17-27(57-55-53-42)30(31(23)39)37-35-26-10-5-21(16-28(26)59(45,46)47)56-54-51-13-12-38-11-1-2-19(18-38)32(40)41/h1-11,16-18H,12-15H2,(H6-,33,34,35,39,40,41,42,45,46,47,48,49,50). The molecule has 0 amide bonds. The number of benzene rings is 4. The van der Waals surface area contributed by atoms with Crippen LogP contribution in [0.4, 0.5) is 28.4 Å². The molecular formula is C32H28N6O17S5. The van der Waals surface area contributed by atoms with E-state index in [-0.39, 0.29) is 66.9 Å². The quantitative estimate of drug-likeness (QED) is 0.0105. The number of pyridine rings is 1. The zero-order valence-corrected chi connectivity index (χ0v) is 33.9. The van der Waals surface area contributed by atoms with Crippen molar-refractivity contribution < 1.29 is 82.0 Å². The number of carbonyl (C=O) groups is 1. The third-order valence-corrected chi connectivity index (χ3v) is 11.9. The second-order valence-electron chi connectivity index (χ2n) is 11.6. The largest absolute Gasteiger partial charge is 0.545 e. The van der Waals surface area contributed by atoms with Crippen LogP contribution in [-0.2, 0) is 59.7 Å². The van der Waals surface area contributed by atoms with E-state index >= 15 is 0 Å². The Morgan fingerprint density at radius 2 is 1.57 bits per heavy atom. The number of anilines is 1. The van der Waals surface area contributed by atoms with E-state index in [4.69, 9.17) is 24.8 Å². The van der Waals surface area contributed by atoms with Crippen molar-refractivity contribution in [2.24, 2.45) is 20.5 Å². The molecule has 0 atom stereocenters. The molecule has 0 radical (unpaired) electrons. The van der Waals surface area contributed by atoms with Crippen molar-refractivity contribution >= 4 is 99.6 Å². The maximum absolute atomic E-state index is 12.5. The lowest BCUT2D eigenvalue weighted by Gasteiger charge is -2.12. The number of hydrogen-bond donors (Lipinski definition) is 5. The molecule has 0 aliphatic rings. The molecule has 318 valence electrons. The molecule has 1 heterocycles. The Morgan fingerprint density at radius 3 is 2.25 bits per heavy atom. The van der Waals surface area contributed by atoms with Crippen LogP contribution in [-0.4, -0.2) is 69.7 Å². The Labute approximate surface area is 347 Å². The van der Waals surface area contributed by atoms with Gasteiger partial charge in [0.1, 0.15) is 28.6 Å². The summed E-state index contributed by atoms with van der Waals surface area (Å²) in [5, 5.41) is 51.3. The molecule has 1 aromatic heterocycles. The van der Waals surface area contributed by atoms with E-state index in [0.29, 0.717) is 24.1 Å². The maximum Gasteiger partial charge on any atom is 0.397 e. The summed E-state index contributed by atoms with van der Waals surface area (Å²) in [4.78, 5) is 15.2. The van der Waals surface area contributed by atoms with Crippen LogP contribution in [0.25, 0.3) is 10.8 Å². The van der Waals surface area contributed by atoms with Crippen LogP contribution < -0.4 is 15.4 Å². The molecule has 6 N–H and O–H groups in total. The van der Waals surface area contributed by atoms with Crippen molar-refractivity contribution in [2.45, 2.75) is 26.1 Å². The number of azo groups is 2. The van der Waals surface area contributed by atoms with Crippen molar-refractivity contribution in [1.29, 1.82) is 0 Å². The highest BCUT2D eigenvalue weighted by Crippen LogP contribution is 2.48. The molecule has 0 saturated carbocycles. The number of hydrogen-bond acceptors (Lipinski definition) is 22. The minimum atomic E-state index is -4.94. The fourth-order valence-electron chi connectivity index (χ4n) is 4.90. The molecule has 5 aromatic rings. The summed E-state index contributed by atoms with van der Waals surface area (Å²) in [7, 11) is -13.8. The molecule has 5 rings (SSSR count). The fraction of sp³-hybridized carbons (Fsp3) is 0.125. The summed E-state index contributed by atoms with van der Waals surface area (Å²) in [5.74, 6) is -2.68. The smallest absolute Gasteiger partial charge is 0.397 e. The van der Waals surface area contributed by atoms with E-state index in [1.807, 2.05) is 0 Å². The van der Waals surface area contributed by atoms with Crippen LogP contribution in [0.15, 0.2) is 125 Å². The van der Waals surface area contributed by atoms with Gasteiger partial charge in [-0.05, 0) is 66.7 Å². The zero-order valence-electron chi connectivity index (χ0n) is 29.9. The molecule has 0 spiro atoms. The SMILES string of the molecule is Nc1ccc2c(O)c(N=Nc3ccc(SOOCC[n+]4cccc(C(=O)[O-])c4)cc3S(=O)(=O)O)c(SOOO)cc2c1N=Nc1ccc(S(=O)(=O)CCOS(=O)(=O)O)cc1. The van der Waals surface area contributed by atoms with Gasteiger partial charge < -0.3 is 20.7 Å². The number of nitrogens with zero attached hydrogens (tertiary/aromatic N) is 5. The van der Waals surface area contributed by atoms with Gasteiger partial charge in [-0.3, -0.25) is 9.11 Å². The molecule has 28 heteroatoms. The van der Waals surface area contributed by atoms with Crippen molar-refractivity contribution in [3.05, 3.63) is 90.8 Å². The lowest BCUT2D eigenvalue weighted by atomic mass is 10.1. The number of rotatable bonds is 20. The molecule has 0 unspecified atom stereocenters. The summed E-state index contributed by atoms with van der Waals surface area (Å²) in [5.41, 5.74) is 5.60. The number of aromatic carboxylic acids is 1. The highest BCUT2D eigenvalue weighted by Gasteiger charge is 2.21. The first-order valence-corrected chi connectivity index (χ1v) is 22.1. The van der Waals surface area contributed by atoms with Gasteiger partial charge in [0.05, 0.1) is 69.1 Å². The first kappa shape index (κ1) is 45.9. The Hall–Kier alpha value is -5.21. The third-order valence-electron chi connectivity index (χ3n) is 7.61. The fourth-order valence-corrected chi connectivity index (χ4v) is 8.08. The number of sulfone groups is 1. The van der Waals surface area contributed by atoms with Gasteiger partial charge in [0.15, 0.2) is 34.5 Å². The number of phenols is 1. The number of phenolic OH excluding ortho intramolecular Hbond substituents is 1. The molecule has 0 aliphatic carbocycles. The Balaban J connectivity index is 1.37. The lowest BCUT2D eigenvalue weighted by molar-refractivity contribution is -0.701. The van der Waals surface area contributed by atoms with Crippen molar-refractivity contribution in [3.8, 4) is 5.75 Å². The Kier molecular flexibility index (Phi) is 15.2. The Bertz CT molecular complexity index is 2790. The van der Waals surface area contributed by atoms with Crippen LogP contribution in [0.3, 0.4) is 0 Å². The normalized spacial score (nSPS) is 12.5. The summed E-state index contributed by atoms with van der Waals surface area (Å²) in [6.07, 6.45) is 2.92. The summed E-state index contributed by atoms with van der Waals surface area (Å²) >= 11 is 0.915. The van der Waals surface area contributed by atoms with E-state index in [0.717, 1.165) is 12.1 Å². The highest BCUT2D eigenvalue weighted by molar-refractivity contribution is 7.95. The number of nitrogen functional groups attached to an aromatic ring is 1. The maximum atomic E-state index is 12.5. The lowest BCUT2D eigenvalue weighted by Crippen LogP contribution is -2.37. The number of aromatic hydroxyl groups is 1. The number of carbonyl (C=O) groups excluding carboxylic acids is 1. The molecule has 0 aliphatic heterocycles. The molecule has 4 aromatic carbocycles. The summed E-state index contributed by atoms with van der Waals surface area (Å²) in [6.45, 7) is -0.685. The average Bonchev–Trinajstić information content (AvgIpc) is 3.18. The van der Waals surface area contributed by atoms with Gasteiger partial charge in [0.2, 0.25) is 0 Å². The summed E-state index contributed by atoms with van der Waals surface area (Å²) < 4.78 is 105. The monoisotopic (exact) mass is 928 g/mol. The van der Waals surface area contributed by atoms with Gasteiger partial charge >= 0.3 is 10.4 Å². The van der Waals surface area contributed by atoms with Gasteiger partial charge in [0, 0.05) is 21.7 Å². The number of aromatic nitrogens is 1. The van der Waals surface area contributed by atoms with Gasteiger partial charge in [0.25, 0.3) is 10.1 Å². The van der Waals surface area contributed by atoms with Crippen LogP contribution in [0.5, 0.6) is 5.75 Å². The van der Waals surface area contributed by atoms with Crippen LogP contribution >= 0.6 is 24.1 Å². The van der Waals surface area contributed by atoms with Crippen LogP contribution in [0.1, 0.15) is 10.4 Å². The van der Waals surface area contributed by atoms with Gasteiger partial charge in [-0.1, -0.05) is 5.04 Å². The van der Waals surface area contributed by atoms with Gasteiger partial charge in [-0.2, -0.15) is 26.3 Å². The average molecular weight is 929 g/mol. The highest BCUT2D eigenvalue weighted by atomic mass is 32.3. The van der Waals surface area contributed by atoms with E-state index in [9.17, 15) is 44.8 Å². The third kappa shape index (κ3) is 12.4. The topological polar surface area (TPSA) is 349 Å². The van der Waals surface area contributed by atoms with E-state index in [1.165, 1.54) is 71.4 Å². The molecular weight excluding hydrogens is 901 g/mol. The number of carboxylic acid groups (broad SMARTS) is 1. The number of carboxylic acids is 1. The second kappa shape index (κ2) is 19.9. The van der Waals surface area contributed by atoms with Gasteiger partial charge in [-0.15, -0.1) is 19.7 Å². The van der Waals surface area contributed by atoms with E-state index < -0.39 is 65.0 Å². The van der Waals surface area contributed by atoms with Gasteiger partial charge in [-0.25, -0.2) is 27.3 Å². The molecule has 0 fully saturated rings.